The first-order chi connectivity index (χ1) is 10.4. The third kappa shape index (κ3) is 3.09. The van der Waals surface area contributed by atoms with Crippen LogP contribution in [0, 0.1) is 5.82 Å². The van der Waals surface area contributed by atoms with Crippen LogP contribution in [0.1, 0.15) is 22.6 Å². The summed E-state index contributed by atoms with van der Waals surface area (Å²) in [6.45, 7) is 1.37. The van der Waals surface area contributed by atoms with Crippen LogP contribution in [0.3, 0.4) is 0 Å². The van der Waals surface area contributed by atoms with Gasteiger partial charge >= 0.3 is 6.18 Å². The van der Waals surface area contributed by atoms with Gasteiger partial charge in [-0.2, -0.15) is 13.2 Å². The highest BCUT2D eigenvalue weighted by atomic mass is 19.4. The number of hydrogen-bond acceptors (Lipinski definition) is 3. The molecule has 3 nitrogen and oxygen atoms in total. The Kier molecular flexibility index (Phi) is 3.82. The molecule has 0 radical (unpaired) electrons. The van der Waals surface area contributed by atoms with Crippen LogP contribution in [0.4, 0.5) is 17.6 Å². The Morgan fingerprint density at radius 1 is 1.18 bits per heavy atom. The molecule has 0 bridgehead atoms. The Hall–Kier alpha value is -2.02. The van der Waals surface area contributed by atoms with Gasteiger partial charge in [-0.05, 0) is 6.07 Å². The highest BCUT2D eigenvalue weighted by Crippen LogP contribution is 2.28. The standard InChI is InChI=1S/C15H13F4N3/c16-12-4-2-1-3-10(12)8-22-6-5-13-11(9-22)7-20-14(21-13)15(17,18)19/h1-4,7H,5-6,8-9H2. The summed E-state index contributed by atoms with van der Waals surface area (Å²) in [4.78, 5) is 8.96. The molecule has 22 heavy (non-hydrogen) atoms. The third-order valence-electron chi connectivity index (χ3n) is 3.62. The summed E-state index contributed by atoms with van der Waals surface area (Å²) < 4.78 is 51.4. The number of fused-ring (bicyclic) bond motifs is 1. The molecule has 7 heteroatoms. The van der Waals surface area contributed by atoms with Gasteiger partial charge in [0.1, 0.15) is 5.82 Å². The Morgan fingerprint density at radius 3 is 2.68 bits per heavy atom. The summed E-state index contributed by atoms with van der Waals surface area (Å²) in [6, 6.07) is 6.48. The topological polar surface area (TPSA) is 29.0 Å². The fourth-order valence-corrected chi connectivity index (χ4v) is 2.51. The normalized spacial score (nSPS) is 15.6. The molecule has 2 aromatic rings. The zero-order chi connectivity index (χ0) is 15.7. The van der Waals surface area contributed by atoms with Gasteiger partial charge in [-0.15, -0.1) is 0 Å². The second-order valence-corrected chi connectivity index (χ2v) is 5.22. The van der Waals surface area contributed by atoms with Crippen molar-refractivity contribution in [2.24, 2.45) is 0 Å². The van der Waals surface area contributed by atoms with Gasteiger partial charge < -0.3 is 0 Å². The summed E-state index contributed by atoms with van der Waals surface area (Å²) >= 11 is 0. The molecule has 1 aromatic heterocycles. The molecule has 3 rings (SSSR count). The quantitative estimate of drug-likeness (QED) is 0.798. The number of alkyl halides is 3. The molecule has 0 amide bonds. The lowest BCUT2D eigenvalue weighted by Crippen LogP contribution is -2.31. The molecule has 0 saturated carbocycles. The van der Waals surface area contributed by atoms with Gasteiger partial charge in [0.2, 0.25) is 5.82 Å². The molecule has 1 aliphatic heterocycles. The van der Waals surface area contributed by atoms with Gasteiger partial charge in [0.25, 0.3) is 0 Å². The predicted octanol–water partition coefficient (Wildman–Crippen LogP) is 3.19. The molecule has 0 saturated heterocycles. The number of aromatic nitrogens is 2. The summed E-state index contributed by atoms with van der Waals surface area (Å²) in [6.07, 6.45) is -2.91. The van der Waals surface area contributed by atoms with Crippen LogP contribution in [0.15, 0.2) is 30.5 Å². The number of halogens is 4. The SMILES string of the molecule is Fc1ccccc1CN1CCc2nc(C(F)(F)F)ncc2C1. The molecule has 2 heterocycles. The summed E-state index contributed by atoms with van der Waals surface area (Å²) in [5, 5.41) is 0. The van der Waals surface area contributed by atoms with Crippen molar-refractivity contribution in [1.82, 2.24) is 14.9 Å². The second kappa shape index (κ2) is 5.64. The third-order valence-corrected chi connectivity index (χ3v) is 3.62. The van der Waals surface area contributed by atoms with Crippen LogP contribution >= 0.6 is 0 Å². The average Bonchev–Trinajstić information content (AvgIpc) is 2.48. The van der Waals surface area contributed by atoms with Crippen molar-refractivity contribution in [1.29, 1.82) is 0 Å². The largest absolute Gasteiger partial charge is 0.451 e. The van der Waals surface area contributed by atoms with Crippen molar-refractivity contribution in [3.05, 3.63) is 58.9 Å². The molecule has 0 spiro atoms. The number of nitrogens with zero attached hydrogens (tertiary/aromatic N) is 3. The van der Waals surface area contributed by atoms with Crippen molar-refractivity contribution >= 4 is 0 Å². The maximum absolute atomic E-state index is 13.6. The number of benzene rings is 1. The van der Waals surface area contributed by atoms with Crippen molar-refractivity contribution in [3.63, 3.8) is 0 Å². The van der Waals surface area contributed by atoms with Crippen molar-refractivity contribution in [3.8, 4) is 0 Å². The monoisotopic (exact) mass is 311 g/mol. The average molecular weight is 311 g/mol. The molecule has 1 aromatic carbocycles. The first-order valence-electron chi connectivity index (χ1n) is 6.81. The second-order valence-electron chi connectivity index (χ2n) is 5.22. The minimum atomic E-state index is -4.53. The smallest absolute Gasteiger partial charge is 0.294 e. The Bertz CT molecular complexity index is 685. The van der Waals surface area contributed by atoms with Crippen LogP contribution in [0.25, 0.3) is 0 Å². The molecule has 0 N–H and O–H groups in total. The van der Waals surface area contributed by atoms with E-state index in [9.17, 15) is 17.6 Å². The van der Waals surface area contributed by atoms with Crippen molar-refractivity contribution in [2.45, 2.75) is 25.7 Å². The van der Waals surface area contributed by atoms with E-state index in [1.54, 1.807) is 18.2 Å². The zero-order valence-corrected chi connectivity index (χ0v) is 11.6. The van der Waals surface area contributed by atoms with Gasteiger partial charge in [-0.1, -0.05) is 18.2 Å². The molecule has 0 atom stereocenters. The minimum absolute atomic E-state index is 0.281. The van der Waals surface area contributed by atoms with Crippen LogP contribution < -0.4 is 0 Å². The zero-order valence-electron chi connectivity index (χ0n) is 11.6. The van der Waals surface area contributed by atoms with Gasteiger partial charge in [0, 0.05) is 43.4 Å². The first-order valence-corrected chi connectivity index (χ1v) is 6.81. The van der Waals surface area contributed by atoms with Gasteiger partial charge in [-0.25, -0.2) is 14.4 Å². The lowest BCUT2D eigenvalue weighted by molar-refractivity contribution is -0.145. The maximum Gasteiger partial charge on any atom is 0.451 e. The minimum Gasteiger partial charge on any atom is -0.294 e. The van der Waals surface area contributed by atoms with Crippen LogP contribution in [0.5, 0.6) is 0 Å². The van der Waals surface area contributed by atoms with Gasteiger partial charge in [0.05, 0.1) is 5.69 Å². The lowest BCUT2D eigenvalue weighted by atomic mass is 10.1. The van der Waals surface area contributed by atoms with Crippen molar-refractivity contribution in [2.75, 3.05) is 6.54 Å². The first kappa shape index (κ1) is 14.9. The van der Waals surface area contributed by atoms with Crippen LogP contribution in [0.2, 0.25) is 0 Å². The van der Waals surface area contributed by atoms with E-state index in [1.807, 2.05) is 4.90 Å². The molecule has 0 unspecified atom stereocenters. The van der Waals surface area contributed by atoms with E-state index in [-0.39, 0.29) is 5.82 Å². The van der Waals surface area contributed by atoms with E-state index < -0.39 is 12.0 Å². The predicted molar refractivity (Wildman–Crippen MR) is 71.3 cm³/mol. The van der Waals surface area contributed by atoms with E-state index in [2.05, 4.69) is 9.97 Å². The Balaban J connectivity index is 1.76. The molecular weight excluding hydrogens is 298 g/mol. The Labute approximate surface area is 124 Å². The number of rotatable bonds is 2. The molecule has 116 valence electrons. The molecule has 0 fully saturated rings. The number of hydrogen-bond donors (Lipinski definition) is 0. The fraction of sp³-hybridized carbons (Fsp3) is 0.333. The fourth-order valence-electron chi connectivity index (χ4n) is 2.51. The molecule has 1 aliphatic rings. The van der Waals surface area contributed by atoms with E-state index in [1.165, 1.54) is 12.3 Å². The van der Waals surface area contributed by atoms with Crippen LogP contribution in [-0.2, 0) is 25.7 Å². The van der Waals surface area contributed by atoms with Crippen LogP contribution in [-0.4, -0.2) is 21.4 Å². The summed E-state index contributed by atoms with van der Waals surface area (Å²) in [5.74, 6) is -1.38. The van der Waals surface area contributed by atoms with Crippen molar-refractivity contribution < 1.29 is 17.6 Å². The van der Waals surface area contributed by atoms with E-state index >= 15 is 0 Å². The van der Waals surface area contributed by atoms with Gasteiger partial charge in [0.15, 0.2) is 0 Å². The lowest BCUT2D eigenvalue weighted by Gasteiger charge is -2.28. The molecular formula is C15H13F4N3. The maximum atomic E-state index is 13.6. The highest BCUT2D eigenvalue weighted by molar-refractivity contribution is 5.23. The summed E-state index contributed by atoms with van der Waals surface area (Å²) in [5.41, 5.74) is 1.65. The highest BCUT2D eigenvalue weighted by Gasteiger charge is 2.35. The van der Waals surface area contributed by atoms with E-state index in [4.69, 9.17) is 0 Å². The Morgan fingerprint density at radius 2 is 1.95 bits per heavy atom. The van der Waals surface area contributed by atoms with E-state index in [0.717, 1.165) is 0 Å². The molecule has 0 aliphatic carbocycles. The van der Waals surface area contributed by atoms with Gasteiger partial charge in [-0.3, -0.25) is 4.90 Å². The summed E-state index contributed by atoms with van der Waals surface area (Å²) in [7, 11) is 0. The van der Waals surface area contributed by atoms with E-state index in [0.29, 0.717) is 42.9 Å².